The van der Waals surface area contributed by atoms with E-state index >= 15 is 0 Å². The van der Waals surface area contributed by atoms with Crippen molar-refractivity contribution in [1.82, 2.24) is 4.68 Å². The van der Waals surface area contributed by atoms with Crippen LogP contribution in [-0.2, 0) is 11.2 Å². The smallest absolute Gasteiger partial charge is 0.256 e. The second kappa shape index (κ2) is 5.32. The van der Waals surface area contributed by atoms with Gasteiger partial charge in [-0.1, -0.05) is 30.3 Å². The van der Waals surface area contributed by atoms with Gasteiger partial charge >= 0.3 is 0 Å². The van der Waals surface area contributed by atoms with Gasteiger partial charge in [0, 0.05) is 12.4 Å². The number of carbonyl (C=O) groups is 1. The molecular weight excluding hydrogens is 214 g/mol. The van der Waals surface area contributed by atoms with Crippen LogP contribution in [0.4, 0.5) is 0 Å². The molecule has 3 N–H and O–H groups in total. The van der Waals surface area contributed by atoms with Crippen LogP contribution in [0.1, 0.15) is 5.56 Å². The van der Waals surface area contributed by atoms with E-state index in [1.807, 2.05) is 42.5 Å². The van der Waals surface area contributed by atoms with Gasteiger partial charge in [-0.05, 0) is 24.1 Å². The number of nitrogens with two attached hydrogens (primary N) is 1. The number of rotatable bonds is 4. The summed E-state index contributed by atoms with van der Waals surface area (Å²) in [5, 5.41) is 0. The highest BCUT2D eigenvalue weighted by atomic mass is 16.2. The van der Waals surface area contributed by atoms with Gasteiger partial charge in [-0.15, -0.1) is 0 Å². The second-order valence-electron chi connectivity index (χ2n) is 3.86. The third kappa shape index (κ3) is 3.19. The van der Waals surface area contributed by atoms with Crippen molar-refractivity contribution in [2.75, 3.05) is 5.43 Å². The molecule has 0 saturated heterocycles. The highest BCUT2D eigenvalue weighted by Crippen LogP contribution is 2.02. The molecule has 2 rings (SSSR count). The quantitative estimate of drug-likeness (QED) is 0.825. The zero-order valence-corrected chi connectivity index (χ0v) is 9.41. The number of nitrogens with zero attached hydrogens (tertiary/aromatic N) is 1. The van der Waals surface area contributed by atoms with Gasteiger partial charge in [-0.3, -0.25) is 14.9 Å². The SMILES string of the molecule is NC(Cc1ccccc1)C(=O)Nn1cccc1. The summed E-state index contributed by atoms with van der Waals surface area (Å²) in [4.78, 5) is 11.8. The first-order valence-corrected chi connectivity index (χ1v) is 5.49. The van der Waals surface area contributed by atoms with Crippen LogP contribution in [0.2, 0.25) is 0 Å². The van der Waals surface area contributed by atoms with E-state index in [1.54, 1.807) is 17.1 Å². The molecule has 0 fully saturated rings. The van der Waals surface area contributed by atoms with E-state index in [-0.39, 0.29) is 5.91 Å². The van der Waals surface area contributed by atoms with Gasteiger partial charge in [0.1, 0.15) is 0 Å². The molecule has 4 nitrogen and oxygen atoms in total. The Labute approximate surface area is 100 Å². The molecule has 0 saturated carbocycles. The van der Waals surface area contributed by atoms with Crippen molar-refractivity contribution >= 4 is 5.91 Å². The van der Waals surface area contributed by atoms with E-state index in [1.165, 1.54) is 0 Å². The Morgan fingerprint density at radius 2 is 1.82 bits per heavy atom. The van der Waals surface area contributed by atoms with Crippen molar-refractivity contribution in [1.29, 1.82) is 0 Å². The van der Waals surface area contributed by atoms with Crippen LogP contribution in [0.15, 0.2) is 54.9 Å². The molecule has 17 heavy (non-hydrogen) atoms. The molecule has 0 aliphatic carbocycles. The van der Waals surface area contributed by atoms with Crippen LogP contribution in [0.5, 0.6) is 0 Å². The van der Waals surface area contributed by atoms with Gasteiger partial charge in [0.25, 0.3) is 5.91 Å². The standard InChI is InChI=1S/C13H15N3O/c14-12(10-11-6-2-1-3-7-11)13(17)15-16-8-4-5-9-16/h1-9,12H,10,14H2,(H,15,17). The first-order chi connectivity index (χ1) is 8.25. The summed E-state index contributed by atoms with van der Waals surface area (Å²) >= 11 is 0. The molecular formula is C13H15N3O. The molecule has 0 aliphatic heterocycles. The molecule has 1 amide bonds. The van der Waals surface area contributed by atoms with Crippen molar-refractivity contribution in [2.45, 2.75) is 12.5 Å². The molecule has 0 aliphatic rings. The number of hydrogen-bond acceptors (Lipinski definition) is 2. The van der Waals surface area contributed by atoms with Crippen LogP contribution in [-0.4, -0.2) is 16.6 Å². The summed E-state index contributed by atoms with van der Waals surface area (Å²) in [6, 6.07) is 12.9. The maximum absolute atomic E-state index is 11.8. The van der Waals surface area contributed by atoms with Crippen LogP contribution < -0.4 is 11.2 Å². The number of carbonyl (C=O) groups excluding carboxylic acids is 1. The zero-order valence-electron chi connectivity index (χ0n) is 9.41. The number of amides is 1. The maximum atomic E-state index is 11.8. The Bertz CT molecular complexity index is 465. The van der Waals surface area contributed by atoms with Crippen LogP contribution >= 0.6 is 0 Å². The first kappa shape index (κ1) is 11.4. The van der Waals surface area contributed by atoms with Gasteiger partial charge < -0.3 is 5.73 Å². The van der Waals surface area contributed by atoms with Gasteiger partial charge in [-0.25, -0.2) is 0 Å². The summed E-state index contributed by atoms with van der Waals surface area (Å²) < 4.78 is 1.59. The van der Waals surface area contributed by atoms with Crippen LogP contribution in [0.3, 0.4) is 0 Å². The van der Waals surface area contributed by atoms with E-state index in [9.17, 15) is 4.79 Å². The summed E-state index contributed by atoms with van der Waals surface area (Å²) in [7, 11) is 0. The molecule has 1 unspecified atom stereocenters. The van der Waals surface area contributed by atoms with Crippen molar-refractivity contribution in [3.8, 4) is 0 Å². The number of aromatic nitrogens is 1. The summed E-state index contributed by atoms with van der Waals surface area (Å²) in [5.41, 5.74) is 9.59. The lowest BCUT2D eigenvalue weighted by Crippen LogP contribution is -2.40. The lowest BCUT2D eigenvalue weighted by Gasteiger charge is -2.12. The van der Waals surface area contributed by atoms with E-state index in [0.717, 1.165) is 5.56 Å². The fourth-order valence-electron chi connectivity index (χ4n) is 1.58. The Hall–Kier alpha value is -2.07. The van der Waals surface area contributed by atoms with Gasteiger partial charge in [0.15, 0.2) is 0 Å². The van der Waals surface area contributed by atoms with Gasteiger partial charge in [-0.2, -0.15) is 0 Å². The minimum atomic E-state index is -0.542. The molecule has 1 aromatic heterocycles. The molecule has 1 aromatic carbocycles. The van der Waals surface area contributed by atoms with Crippen LogP contribution in [0.25, 0.3) is 0 Å². The van der Waals surface area contributed by atoms with Crippen molar-refractivity contribution in [3.63, 3.8) is 0 Å². The second-order valence-corrected chi connectivity index (χ2v) is 3.86. The Morgan fingerprint density at radius 1 is 1.18 bits per heavy atom. The minimum Gasteiger partial charge on any atom is -0.320 e. The predicted molar refractivity (Wildman–Crippen MR) is 66.9 cm³/mol. The first-order valence-electron chi connectivity index (χ1n) is 5.49. The fourth-order valence-corrected chi connectivity index (χ4v) is 1.58. The number of benzene rings is 1. The Morgan fingerprint density at radius 3 is 2.47 bits per heavy atom. The third-order valence-corrected chi connectivity index (χ3v) is 2.48. The molecule has 1 atom stereocenters. The predicted octanol–water partition coefficient (Wildman–Crippen LogP) is 1.13. The van der Waals surface area contributed by atoms with Gasteiger partial charge in [0.05, 0.1) is 6.04 Å². The lowest BCUT2D eigenvalue weighted by atomic mass is 10.1. The minimum absolute atomic E-state index is 0.190. The van der Waals surface area contributed by atoms with Gasteiger partial charge in [0.2, 0.25) is 0 Å². The highest BCUT2D eigenvalue weighted by molar-refractivity contribution is 5.88. The van der Waals surface area contributed by atoms with Crippen molar-refractivity contribution < 1.29 is 4.79 Å². The number of nitrogens with one attached hydrogen (secondary N) is 1. The summed E-state index contributed by atoms with van der Waals surface area (Å²) in [6.07, 6.45) is 4.05. The van der Waals surface area contributed by atoms with E-state index in [0.29, 0.717) is 6.42 Å². The number of hydrogen-bond donors (Lipinski definition) is 2. The molecule has 88 valence electrons. The van der Waals surface area contributed by atoms with E-state index < -0.39 is 6.04 Å². The van der Waals surface area contributed by atoms with Crippen molar-refractivity contribution in [2.24, 2.45) is 5.73 Å². The summed E-state index contributed by atoms with van der Waals surface area (Å²) in [5.74, 6) is -0.190. The topological polar surface area (TPSA) is 60.1 Å². The van der Waals surface area contributed by atoms with E-state index in [4.69, 9.17) is 5.73 Å². The molecule has 1 heterocycles. The normalized spacial score (nSPS) is 12.1. The lowest BCUT2D eigenvalue weighted by molar-refractivity contribution is -0.118. The Balaban J connectivity index is 1.92. The molecule has 0 bridgehead atoms. The molecule has 0 spiro atoms. The third-order valence-electron chi connectivity index (χ3n) is 2.48. The maximum Gasteiger partial charge on any atom is 0.256 e. The zero-order chi connectivity index (χ0) is 12.1. The molecule has 2 aromatic rings. The average Bonchev–Trinajstić information content (AvgIpc) is 2.83. The average molecular weight is 229 g/mol. The largest absolute Gasteiger partial charge is 0.320 e. The molecule has 0 radical (unpaired) electrons. The van der Waals surface area contributed by atoms with E-state index in [2.05, 4.69) is 5.43 Å². The Kier molecular flexibility index (Phi) is 3.57. The summed E-state index contributed by atoms with van der Waals surface area (Å²) in [6.45, 7) is 0. The van der Waals surface area contributed by atoms with Crippen LogP contribution in [0, 0.1) is 0 Å². The monoisotopic (exact) mass is 229 g/mol. The highest BCUT2D eigenvalue weighted by Gasteiger charge is 2.13. The molecule has 4 heteroatoms. The fraction of sp³-hybridized carbons (Fsp3) is 0.154. The van der Waals surface area contributed by atoms with Crippen molar-refractivity contribution in [3.05, 3.63) is 60.4 Å².